The van der Waals surface area contributed by atoms with Gasteiger partial charge in [0.05, 0.1) is 5.56 Å². The summed E-state index contributed by atoms with van der Waals surface area (Å²) in [5, 5.41) is 5.86. The Morgan fingerprint density at radius 2 is 1.28 bits per heavy atom. The molecule has 140 valence electrons. The largest absolute Gasteiger partial charge is 0.384 e. The molecule has 0 heterocycles. The molecule has 3 heteroatoms. The van der Waals surface area contributed by atoms with Gasteiger partial charge >= 0.3 is 0 Å². The molecule has 0 atom stereocenters. The van der Waals surface area contributed by atoms with Gasteiger partial charge < -0.3 is 5.32 Å². The van der Waals surface area contributed by atoms with Crippen molar-refractivity contribution in [3.05, 3.63) is 113 Å². The summed E-state index contributed by atoms with van der Waals surface area (Å²) in [4.78, 5) is 26.0. The van der Waals surface area contributed by atoms with Crippen LogP contribution in [0.4, 0.5) is 5.69 Å². The fourth-order valence-electron chi connectivity index (χ4n) is 4.13. The molecule has 0 aliphatic heterocycles. The molecule has 0 amide bonds. The molecule has 1 aliphatic rings. The second-order valence-electron chi connectivity index (χ2n) is 7.25. The van der Waals surface area contributed by atoms with Gasteiger partial charge in [0.1, 0.15) is 0 Å². The SMILES string of the molecule is O=C1c2ccccc2C(=O)c2c(NCCc3cccc4ccccc34)cccc21. The first kappa shape index (κ1) is 17.4. The van der Waals surface area contributed by atoms with E-state index in [9.17, 15) is 9.59 Å². The zero-order chi connectivity index (χ0) is 19.8. The second-order valence-corrected chi connectivity index (χ2v) is 7.25. The van der Waals surface area contributed by atoms with Gasteiger partial charge in [0, 0.05) is 28.9 Å². The minimum atomic E-state index is -0.0940. The normalized spacial score (nSPS) is 12.6. The Bertz CT molecular complexity index is 1270. The van der Waals surface area contributed by atoms with Gasteiger partial charge in [-0.15, -0.1) is 0 Å². The first-order valence-electron chi connectivity index (χ1n) is 9.76. The van der Waals surface area contributed by atoms with Gasteiger partial charge in [-0.25, -0.2) is 0 Å². The van der Waals surface area contributed by atoms with Crippen LogP contribution in [0.1, 0.15) is 37.4 Å². The van der Waals surface area contributed by atoms with Gasteiger partial charge in [-0.2, -0.15) is 0 Å². The molecule has 5 rings (SSSR count). The fourth-order valence-corrected chi connectivity index (χ4v) is 4.13. The van der Waals surface area contributed by atoms with E-state index in [1.807, 2.05) is 18.2 Å². The highest BCUT2D eigenvalue weighted by molar-refractivity contribution is 6.30. The van der Waals surface area contributed by atoms with Crippen LogP contribution in [0.15, 0.2) is 84.9 Å². The molecule has 4 aromatic carbocycles. The number of carbonyl (C=O) groups excluding carboxylic acids is 2. The number of anilines is 1. The van der Waals surface area contributed by atoms with Gasteiger partial charge in [0.2, 0.25) is 0 Å². The number of carbonyl (C=O) groups is 2. The first-order chi connectivity index (χ1) is 14.2. The molecule has 0 radical (unpaired) electrons. The topological polar surface area (TPSA) is 46.2 Å². The van der Waals surface area contributed by atoms with E-state index in [2.05, 4.69) is 41.7 Å². The molecule has 0 saturated heterocycles. The second kappa shape index (κ2) is 7.02. The average Bonchev–Trinajstić information content (AvgIpc) is 2.77. The van der Waals surface area contributed by atoms with Gasteiger partial charge in [0.25, 0.3) is 0 Å². The Balaban J connectivity index is 1.43. The summed E-state index contributed by atoms with van der Waals surface area (Å²) < 4.78 is 0. The van der Waals surface area contributed by atoms with E-state index >= 15 is 0 Å². The van der Waals surface area contributed by atoms with Gasteiger partial charge in [0.15, 0.2) is 11.6 Å². The lowest BCUT2D eigenvalue weighted by Gasteiger charge is -2.20. The summed E-state index contributed by atoms with van der Waals surface area (Å²) >= 11 is 0. The number of ketones is 2. The van der Waals surface area contributed by atoms with E-state index in [4.69, 9.17) is 0 Å². The molecule has 29 heavy (non-hydrogen) atoms. The summed E-state index contributed by atoms with van der Waals surface area (Å²) in [5.74, 6) is -0.184. The molecule has 1 aliphatic carbocycles. The Morgan fingerprint density at radius 3 is 2.14 bits per heavy atom. The summed E-state index contributed by atoms with van der Waals surface area (Å²) in [7, 11) is 0. The third kappa shape index (κ3) is 2.92. The van der Waals surface area contributed by atoms with Crippen molar-refractivity contribution in [3.8, 4) is 0 Å². The van der Waals surface area contributed by atoms with Crippen LogP contribution in [0, 0.1) is 0 Å². The van der Waals surface area contributed by atoms with Crippen molar-refractivity contribution in [2.24, 2.45) is 0 Å². The third-order valence-electron chi connectivity index (χ3n) is 5.54. The van der Waals surface area contributed by atoms with Crippen LogP contribution in [0.3, 0.4) is 0 Å². The third-order valence-corrected chi connectivity index (χ3v) is 5.54. The van der Waals surface area contributed by atoms with Crippen LogP contribution in [-0.2, 0) is 6.42 Å². The van der Waals surface area contributed by atoms with E-state index in [0.717, 1.165) is 12.1 Å². The lowest BCUT2D eigenvalue weighted by molar-refractivity contribution is 0.0979. The lowest BCUT2D eigenvalue weighted by Crippen LogP contribution is -2.22. The van der Waals surface area contributed by atoms with E-state index in [1.54, 1.807) is 30.3 Å². The quantitative estimate of drug-likeness (QED) is 0.464. The predicted molar refractivity (Wildman–Crippen MR) is 116 cm³/mol. The minimum absolute atomic E-state index is 0.0899. The van der Waals surface area contributed by atoms with Crippen LogP contribution < -0.4 is 5.32 Å². The number of fused-ring (bicyclic) bond motifs is 3. The summed E-state index contributed by atoms with van der Waals surface area (Å²) in [5.41, 5.74) is 3.90. The smallest absolute Gasteiger partial charge is 0.196 e. The first-order valence-corrected chi connectivity index (χ1v) is 9.76. The predicted octanol–water partition coefficient (Wildman–Crippen LogP) is 5.27. The van der Waals surface area contributed by atoms with Crippen LogP contribution in [0.2, 0.25) is 0 Å². The standard InChI is InChI=1S/C26H19NO2/c28-25-20-11-3-4-12-21(20)26(29)24-22(25)13-6-14-23(24)27-16-15-18-9-5-8-17-7-1-2-10-19(17)18/h1-14,27H,15-16H2. The summed E-state index contributed by atoms with van der Waals surface area (Å²) in [6, 6.07) is 27.1. The van der Waals surface area contributed by atoms with Crippen molar-refractivity contribution in [3.63, 3.8) is 0 Å². The molecule has 0 saturated carbocycles. The average molecular weight is 377 g/mol. The molecular formula is C26H19NO2. The van der Waals surface area contributed by atoms with Crippen molar-refractivity contribution >= 4 is 28.0 Å². The van der Waals surface area contributed by atoms with E-state index in [-0.39, 0.29) is 11.6 Å². The number of hydrogen-bond donors (Lipinski definition) is 1. The van der Waals surface area contributed by atoms with Gasteiger partial charge in [-0.3, -0.25) is 9.59 Å². The molecule has 3 nitrogen and oxygen atoms in total. The molecule has 0 bridgehead atoms. The van der Waals surface area contributed by atoms with Crippen molar-refractivity contribution in [1.29, 1.82) is 0 Å². The highest BCUT2D eigenvalue weighted by Gasteiger charge is 2.31. The van der Waals surface area contributed by atoms with Gasteiger partial charge in [-0.1, -0.05) is 78.9 Å². The highest BCUT2D eigenvalue weighted by atomic mass is 16.1. The zero-order valence-corrected chi connectivity index (χ0v) is 15.8. The van der Waals surface area contributed by atoms with Crippen molar-refractivity contribution in [2.45, 2.75) is 6.42 Å². The Kier molecular flexibility index (Phi) is 4.21. The number of nitrogens with one attached hydrogen (secondary N) is 1. The van der Waals surface area contributed by atoms with Crippen LogP contribution in [-0.4, -0.2) is 18.1 Å². The minimum Gasteiger partial charge on any atom is -0.384 e. The number of hydrogen-bond acceptors (Lipinski definition) is 3. The molecule has 0 spiro atoms. The molecule has 0 unspecified atom stereocenters. The lowest BCUT2D eigenvalue weighted by atomic mass is 9.83. The molecular weight excluding hydrogens is 358 g/mol. The van der Waals surface area contributed by atoms with Crippen molar-refractivity contribution < 1.29 is 9.59 Å². The Morgan fingerprint density at radius 1 is 0.621 bits per heavy atom. The molecule has 0 fully saturated rings. The molecule has 0 aromatic heterocycles. The Hall–Kier alpha value is -3.72. The maximum atomic E-state index is 13.1. The van der Waals surface area contributed by atoms with Gasteiger partial charge in [-0.05, 0) is 28.8 Å². The van der Waals surface area contributed by atoms with Crippen molar-refractivity contribution in [2.75, 3.05) is 11.9 Å². The van der Waals surface area contributed by atoms with Crippen LogP contribution >= 0.6 is 0 Å². The fraction of sp³-hybridized carbons (Fsp3) is 0.0769. The summed E-state index contributed by atoms with van der Waals surface area (Å²) in [6.07, 6.45) is 0.823. The Labute approximate surface area is 169 Å². The molecule has 4 aromatic rings. The maximum absolute atomic E-state index is 13.1. The monoisotopic (exact) mass is 377 g/mol. The highest BCUT2D eigenvalue weighted by Crippen LogP contribution is 2.32. The number of rotatable bonds is 4. The summed E-state index contributed by atoms with van der Waals surface area (Å²) in [6.45, 7) is 0.674. The van der Waals surface area contributed by atoms with Crippen LogP contribution in [0.25, 0.3) is 10.8 Å². The maximum Gasteiger partial charge on any atom is 0.196 e. The van der Waals surface area contributed by atoms with E-state index in [0.29, 0.717) is 28.8 Å². The molecule has 1 N–H and O–H groups in total. The number of benzene rings is 4. The van der Waals surface area contributed by atoms with Crippen molar-refractivity contribution in [1.82, 2.24) is 0 Å². The van der Waals surface area contributed by atoms with E-state index in [1.165, 1.54) is 16.3 Å². The van der Waals surface area contributed by atoms with E-state index < -0.39 is 0 Å². The zero-order valence-electron chi connectivity index (χ0n) is 15.8. The van der Waals surface area contributed by atoms with Crippen LogP contribution in [0.5, 0.6) is 0 Å².